The molecule has 112 valence electrons. The predicted octanol–water partition coefficient (Wildman–Crippen LogP) is 2.60. The molecule has 4 nitrogen and oxygen atoms in total. The second kappa shape index (κ2) is 7.49. The van der Waals surface area contributed by atoms with Crippen LogP contribution in [-0.2, 0) is 6.54 Å². The smallest absolute Gasteiger partial charge is 0.129 e. The van der Waals surface area contributed by atoms with Crippen molar-refractivity contribution < 1.29 is 4.74 Å². The van der Waals surface area contributed by atoms with Crippen molar-refractivity contribution in [3.63, 3.8) is 0 Å². The fourth-order valence-electron chi connectivity index (χ4n) is 1.94. The highest BCUT2D eigenvalue weighted by Crippen LogP contribution is 2.17. The zero-order chi connectivity index (χ0) is 15.2. The molecule has 0 saturated carbocycles. The van der Waals surface area contributed by atoms with Crippen molar-refractivity contribution in [1.82, 2.24) is 9.88 Å². The van der Waals surface area contributed by atoms with E-state index in [1.807, 2.05) is 31.2 Å². The Labute approximate surface area is 134 Å². The van der Waals surface area contributed by atoms with Gasteiger partial charge in [0.05, 0.1) is 16.3 Å². The Kier molecular flexibility index (Phi) is 5.67. The lowest BCUT2D eigenvalue weighted by molar-refractivity contribution is 0.231. The normalized spacial score (nSPS) is 10.8. The van der Waals surface area contributed by atoms with Gasteiger partial charge in [0.1, 0.15) is 17.3 Å². The minimum Gasteiger partial charge on any atom is -0.492 e. The molecule has 0 amide bonds. The highest BCUT2D eigenvalue weighted by atomic mass is 32.1. The number of rotatable bonds is 7. The summed E-state index contributed by atoms with van der Waals surface area (Å²) in [6.45, 7) is 4.23. The number of likely N-dealkylation sites (N-methyl/N-ethyl adjacent to an activating group) is 1. The van der Waals surface area contributed by atoms with Crippen molar-refractivity contribution in [2.24, 2.45) is 5.73 Å². The summed E-state index contributed by atoms with van der Waals surface area (Å²) in [5.74, 6) is 0.739. The number of thiazole rings is 1. The lowest BCUT2D eigenvalue weighted by Crippen LogP contribution is -2.24. The van der Waals surface area contributed by atoms with Gasteiger partial charge in [0.2, 0.25) is 0 Å². The number of aromatic nitrogens is 1. The van der Waals surface area contributed by atoms with Crippen LogP contribution in [0.25, 0.3) is 0 Å². The number of nitrogens with zero attached hydrogens (tertiary/aromatic N) is 2. The van der Waals surface area contributed by atoms with Crippen molar-refractivity contribution in [2.75, 3.05) is 20.2 Å². The molecule has 21 heavy (non-hydrogen) atoms. The standard InChI is InChI=1S/C15H19N3OS2/c1-11-17-12(10-21-11)9-18(2)7-8-19-14-6-4-3-5-13(14)15(16)20/h3-6,10H,7-9H2,1-2H3,(H2,16,20). The highest BCUT2D eigenvalue weighted by Gasteiger charge is 2.07. The molecule has 0 unspecified atom stereocenters. The molecule has 0 aliphatic carbocycles. The average molecular weight is 321 g/mol. The molecule has 0 saturated heterocycles. The molecule has 2 N–H and O–H groups in total. The minimum atomic E-state index is 0.358. The Morgan fingerprint density at radius 3 is 2.86 bits per heavy atom. The van der Waals surface area contributed by atoms with Gasteiger partial charge in [-0.3, -0.25) is 4.90 Å². The third-order valence-electron chi connectivity index (χ3n) is 2.98. The zero-order valence-electron chi connectivity index (χ0n) is 12.2. The SMILES string of the molecule is Cc1nc(CN(C)CCOc2ccccc2C(N)=S)cs1. The average Bonchev–Trinajstić information content (AvgIpc) is 2.84. The van der Waals surface area contributed by atoms with Gasteiger partial charge in [-0.25, -0.2) is 4.98 Å². The van der Waals surface area contributed by atoms with E-state index in [0.717, 1.165) is 35.1 Å². The zero-order valence-corrected chi connectivity index (χ0v) is 13.8. The lowest BCUT2D eigenvalue weighted by Gasteiger charge is -2.16. The van der Waals surface area contributed by atoms with Crippen LogP contribution in [0.15, 0.2) is 29.6 Å². The van der Waals surface area contributed by atoms with Crippen LogP contribution in [0.3, 0.4) is 0 Å². The lowest BCUT2D eigenvalue weighted by atomic mass is 10.2. The molecule has 2 rings (SSSR count). The van der Waals surface area contributed by atoms with Gasteiger partial charge in [-0.15, -0.1) is 11.3 Å². The van der Waals surface area contributed by atoms with Gasteiger partial charge in [-0.1, -0.05) is 24.4 Å². The summed E-state index contributed by atoms with van der Waals surface area (Å²) in [5.41, 5.74) is 7.57. The molecular weight excluding hydrogens is 302 g/mol. The fourth-order valence-corrected chi connectivity index (χ4v) is 2.72. The summed E-state index contributed by atoms with van der Waals surface area (Å²) < 4.78 is 5.79. The number of para-hydroxylation sites is 1. The molecule has 0 fully saturated rings. The fraction of sp³-hybridized carbons (Fsp3) is 0.333. The predicted molar refractivity (Wildman–Crippen MR) is 91.0 cm³/mol. The summed E-state index contributed by atoms with van der Waals surface area (Å²) in [7, 11) is 2.05. The Morgan fingerprint density at radius 2 is 2.19 bits per heavy atom. The van der Waals surface area contributed by atoms with E-state index in [0.29, 0.717) is 11.6 Å². The molecule has 1 aromatic heterocycles. The summed E-state index contributed by atoms with van der Waals surface area (Å²) in [6, 6.07) is 7.58. The quantitative estimate of drug-likeness (QED) is 0.795. The van der Waals surface area contributed by atoms with E-state index < -0.39 is 0 Å². The molecule has 0 spiro atoms. The van der Waals surface area contributed by atoms with Gasteiger partial charge in [0.25, 0.3) is 0 Å². The maximum atomic E-state index is 5.79. The molecule has 1 heterocycles. The summed E-state index contributed by atoms with van der Waals surface area (Å²) in [6.07, 6.45) is 0. The first kappa shape index (κ1) is 15.9. The number of hydrogen-bond donors (Lipinski definition) is 1. The molecule has 0 atom stereocenters. The third kappa shape index (κ3) is 4.77. The number of benzene rings is 1. The van der Waals surface area contributed by atoms with Gasteiger partial charge >= 0.3 is 0 Å². The van der Waals surface area contributed by atoms with Crippen LogP contribution in [0.1, 0.15) is 16.3 Å². The maximum Gasteiger partial charge on any atom is 0.129 e. The van der Waals surface area contributed by atoms with Crippen LogP contribution >= 0.6 is 23.6 Å². The Hall–Kier alpha value is -1.50. The Balaban J connectivity index is 1.83. The van der Waals surface area contributed by atoms with Crippen molar-refractivity contribution >= 4 is 28.5 Å². The van der Waals surface area contributed by atoms with Crippen LogP contribution in [0.4, 0.5) is 0 Å². The van der Waals surface area contributed by atoms with Gasteiger partial charge in [-0.2, -0.15) is 0 Å². The summed E-state index contributed by atoms with van der Waals surface area (Å²) >= 11 is 6.70. The van der Waals surface area contributed by atoms with E-state index >= 15 is 0 Å². The van der Waals surface area contributed by atoms with Crippen LogP contribution in [0.5, 0.6) is 5.75 Å². The molecule has 6 heteroatoms. The Bertz CT molecular complexity index is 612. The van der Waals surface area contributed by atoms with Crippen LogP contribution in [0, 0.1) is 6.92 Å². The van der Waals surface area contributed by atoms with Crippen molar-refractivity contribution in [3.05, 3.63) is 45.9 Å². The number of ether oxygens (including phenoxy) is 1. The second-order valence-electron chi connectivity index (χ2n) is 4.80. The maximum absolute atomic E-state index is 5.79. The first-order chi connectivity index (χ1) is 10.1. The van der Waals surface area contributed by atoms with E-state index in [4.69, 9.17) is 22.7 Å². The first-order valence-electron chi connectivity index (χ1n) is 6.67. The van der Waals surface area contributed by atoms with E-state index in [1.165, 1.54) is 0 Å². The molecule has 1 aromatic carbocycles. The molecule has 0 aliphatic heterocycles. The van der Waals surface area contributed by atoms with E-state index in [2.05, 4.69) is 22.3 Å². The minimum absolute atomic E-state index is 0.358. The van der Waals surface area contributed by atoms with Gasteiger partial charge in [0, 0.05) is 18.5 Å². The molecule has 0 radical (unpaired) electrons. The van der Waals surface area contributed by atoms with Crippen molar-refractivity contribution in [2.45, 2.75) is 13.5 Å². The van der Waals surface area contributed by atoms with Gasteiger partial charge in [0.15, 0.2) is 0 Å². The first-order valence-corrected chi connectivity index (χ1v) is 7.96. The van der Waals surface area contributed by atoms with E-state index in [1.54, 1.807) is 11.3 Å². The third-order valence-corrected chi connectivity index (χ3v) is 4.02. The molecule has 2 aromatic rings. The van der Waals surface area contributed by atoms with Crippen LogP contribution in [-0.4, -0.2) is 35.1 Å². The highest BCUT2D eigenvalue weighted by molar-refractivity contribution is 7.80. The number of nitrogens with two attached hydrogens (primary N) is 1. The van der Waals surface area contributed by atoms with Crippen molar-refractivity contribution in [1.29, 1.82) is 0 Å². The topological polar surface area (TPSA) is 51.4 Å². The van der Waals surface area contributed by atoms with Crippen molar-refractivity contribution in [3.8, 4) is 5.75 Å². The number of aryl methyl sites for hydroxylation is 1. The second-order valence-corrected chi connectivity index (χ2v) is 6.31. The molecule has 0 bridgehead atoms. The Morgan fingerprint density at radius 1 is 1.43 bits per heavy atom. The van der Waals surface area contributed by atoms with Gasteiger partial charge in [-0.05, 0) is 26.1 Å². The van der Waals surface area contributed by atoms with Gasteiger partial charge < -0.3 is 10.5 Å². The van der Waals surface area contributed by atoms with Crippen LogP contribution < -0.4 is 10.5 Å². The summed E-state index contributed by atoms with van der Waals surface area (Å²) in [5, 5.41) is 3.19. The summed E-state index contributed by atoms with van der Waals surface area (Å²) in [4.78, 5) is 6.99. The monoisotopic (exact) mass is 321 g/mol. The number of thiocarbonyl (C=S) groups is 1. The van der Waals surface area contributed by atoms with E-state index in [9.17, 15) is 0 Å². The van der Waals surface area contributed by atoms with Crippen LogP contribution in [0.2, 0.25) is 0 Å². The van der Waals surface area contributed by atoms with E-state index in [-0.39, 0.29) is 0 Å². The molecule has 0 aliphatic rings. The molecular formula is C15H19N3OS2. The largest absolute Gasteiger partial charge is 0.492 e. The number of hydrogen-bond acceptors (Lipinski definition) is 5.